The molecule has 0 heterocycles. The fraction of sp³-hybridized carbons (Fsp3) is 0.263. The molecule has 0 aliphatic rings. The summed E-state index contributed by atoms with van der Waals surface area (Å²) in [7, 11) is 4.52. The summed E-state index contributed by atoms with van der Waals surface area (Å²) >= 11 is 0. The van der Waals surface area contributed by atoms with Crippen molar-refractivity contribution in [2.45, 2.75) is 6.54 Å². The number of rotatable bonds is 9. The fourth-order valence-electron chi connectivity index (χ4n) is 2.13. The molecule has 0 aromatic heterocycles. The highest BCUT2D eigenvalue weighted by atomic mass is 16.6. The molecule has 138 valence electrons. The minimum Gasteiger partial charge on any atom is -0.493 e. The SMILES string of the molecule is COC(=O)COc1cccc(/C=N/NCc2ccc(OC)c(OC)c2)c1. The Bertz CT molecular complexity index is 761. The van der Waals surface area contributed by atoms with Crippen molar-refractivity contribution in [1.29, 1.82) is 0 Å². The van der Waals surface area contributed by atoms with Crippen LogP contribution >= 0.6 is 0 Å². The first-order valence-electron chi connectivity index (χ1n) is 7.92. The van der Waals surface area contributed by atoms with Gasteiger partial charge in [0.05, 0.1) is 34.1 Å². The van der Waals surface area contributed by atoms with E-state index in [1.165, 1.54) is 7.11 Å². The molecule has 0 fully saturated rings. The lowest BCUT2D eigenvalue weighted by molar-refractivity contribution is -0.142. The van der Waals surface area contributed by atoms with Crippen LogP contribution in [-0.2, 0) is 16.1 Å². The Kier molecular flexibility index (Phi) is 7.30. The van der Waals surface area contributed by atoms with Gasteiger partial charge in [-0.2, -0.15) is 5.10 Å². The summed E-state index contributed by atoms with van der Waals surface area (Å²) in [5.74, 6) is 1.50. The molecule has 0 atom stereocenters. The van der Waals surface area contributed by atoms with Crippen LogP contribution in [0.2, 0.25) is 0 Å². The van der Waals surface area contributed by atoms with E-state index in [-0.39, 0.29) is 6.61 Å². The van der Waals surface area contributed by atoms with E-state index in [0.717, 1.165) is 11.1 Å². The maximum Gasteiger partial charge on any atom is 0.343 e. The number of esters is 1. The molecule has 0 aliphatic carbocycles. The molecule has 2 rings (SSSR count). The summed E-state index contributed by atoms with van der Waals surface area (Å²) in [6, 6.07) is 12.9. The third-order valence-electron chi connectivity index (χ3n) is 3.48. The Labute approximate surface area is 152 Å². The van der Waals surface area contributed by atoms with Crippen molar-refractivity contribution < 1.29 is 23.7 Å². The van der Waals surface area contributed by atoms with E-state index in [2.05, 4.69) is 15.3 Å². The highest BCUT2D eigenvalue weighted by molar-refractivity contribution is 5.80. The molecule has 0 saturated heterocycles. The minimum atomic E-state index is -0.430. The molecular weight excluding hydrogens is 336 g/mol. The zero-order valence-corrected chi connectivity index (χ0v) is 15.0. The van der Waals surface area contributed by atoms with E-state index in [1.807, 2.05) is 30.3 Å². The second-order valence-electron chi connectivity index (χ2n) is 5.22. The summed E-state index contributed by atoms with van der Waals surface area (Å²) < 4.78 is 20.4. The summed E-state index contributed by atoms with van der Waals surface area (Å²) in [5.41, 5.74) is 4.83. The van der Waals surface area contributed by atoms with Crippen LogP contribution in [-0.4, -0.2) is 40.1 Å². The number of carbonyl (C=O) groups is 1. The van der Waals surface area contributed by atoms with Crippen molar-refractivity contribution in [3.63, 3.8) is 0 Å². The first kappa shape index (κ1) is 19.1. The molecule has 0 radical (unpaired) electrons. The Hall–Kier alpha value is -3.22. The summed E-state index contributed by atoms with van der Waals surface area (Å²) in [5, 5.41) is 4.19. The highest BCUT2D eigenvalue weighted by Crippen LogP contribution is 2.27. The third-order valence-corrected chi connectivity index (χ3v) is 3.48. The lowest BCUT2D eigenvalue weighted by Crippen LogP contribution is -2.12. The van der Waals surface area contributed by atoms with Crippen molar-refractivity contribution in [2.75, 3.05) is 27.9 Å². The lowest BCUT2D eigenvalue weighted by atomic mass is 10.2. The van der Waals surface area contributed by atoms with Gasteiger partial charge in [0.25, 0.3) is 0 Å². The van der Waals surface area contributed by atoms with E-state index >= 15 is 0 Å². The molecule has 2 aromatic rings. The van der Waals surface area contributed by atoms with E-state index in [1.54, 1.807) is 32.6 Å². The van der Waals surface area contributed by atoms with Crippen LogP contribution in [0.4, 0.5) is 0 Å². The smallest absolute Gasteiger partial charge is 0.343 e. The predicted octanol–water partition coefficient (Wildman–Crippen LogP) is 2.38. The largest absolute Gasteiger partial charge is 0.493 e. The summed E-state index contributed by atoms with van der Waals surface area (Å²) in [6.45, 7) is 0.407. The normalized spacial score (nSPS) is 10.4. The van der Waals surface area contributed by atoms with Crippen molar-refractivity contribution in [3.05, 3.63) is 53.6 Å². The topological polar surface area (TPSA) is 78.4 Å². The van der Waals surface area contributed by atoms with Crippen LogP contribution in [0.5, 0.6) is 17.2 Å². The molecule has 0 aliphatic heterocycles. The average molecular weight is 358 g/mol. The molecule has 0 saturated carbocycles. The zero-order chi connectivity index (χ0) is 18.8. The Morgan fingerprint density at radius 2 is 1.88 bits per heavy atom. The van der Waals surface area contributed by atoms with Crippen molar-refractivity contribution in [3.8, 4) is 17.2 Å². The number of hydrogen-bond acceptors (Lipinski definition) is 7. The van der Waals surface area contributed by atoms with Gasteiger partial charge in [-0.3, -0.25) is 0 Å². The van der Waals surface area contributed by atoms with Gasteiger partial charge >= 0.3 is 5.97 Å². The second kappa shape index (κ2) is 9.93. The molecule has 0 amide bonds. The number of ether oxygens (including phenoxy) is 4. The lowest BCUT2D eigenvalue weighted by Gasteiger charge is -2.09. The van der Waals surface area contributed by atoms with Gasteiger partial charge in [-0.05, 0) is 35.4 Å². The van der Waals surface area contributed by atoms with Crippen molar-refractivity contribution in [1.82, 2.24) is 5.43 Å². The van der Waals surface area contributed by atoms with E-state index in [4.69, 9.17) is 14.2 Å². The minimum absolute atomic E-state index is 0.130. The van der Waals surface area contributed by atoms with Crippen molar-refractivity contribution >= 4 is 12.2 Å². The van der Waals surface area contributed by atoms with Crippen LogP contribution < -0.4 is 19.6 Å². The van der Waals surface area contributed by atoms with Crippen LogP contribution in [0.3, 0.4) is 0 Å². The second-order valence-corrected chi connectivity index (χ2v) is 5.22. The first-order valence-corrected chi connectivity index (χ1v) is 7.92. The highest BCUT2D eigenvalue weighted by Gasteiger charge is 2.04. The van der Waals surface area contributed by atoms with Gasteiger partial charge in [0.2, 0.25) is 0 Å². The van der Waals surface area contributed by atoms with Gasteiger partial charge in [-0.1, -0.05) is 18.2 Å². The Morgan fingerprint density at radius 1 is 1.08 bits per heavy atom. The molecule has 7 heteroatoms. The Balaban J connectivity index is 1.89. The van der Waals surface area contributed by atoms with Gasteiger partial charge in [-0.25, -0.2) is 4.79 Å². The molecule has 0 bridgehead atoms. The van der Waals surface area contributed by atoms with E-state index in [0.29, 0.717) is 23.8 Å². The molecule has 0 spiro atoms. The maximum absolute atomic E-state index is 11.1. The summed E-state index contributed by atoms with van der Waals surface area (Å²) in [4.78, 5) is 11.1. The van der Waals surface area contributed by atoms with Crippen LogP contribution in [0, 0.1) is 0 Å². The zero-order valence-electron chi connectivity index (χ0n) is 15.0. The Morgan fingerprint density at radius 3 is 2.62 bits per heavy atom. The van der Waals surface area contributed by atoms with Gasteiger partial charge in [-0.15, -0.1) is 0 Å². The number of hydrazone groups is 1. The fourth-order valence-corrected chi connectivity index (χ4v) is 2.13. The van der Waals surface area contributed by atoms with Gasteiger partial charge in [0.15, 0.2) is 18.1 Å². The summed E-state index contributed by atoms with van der Waals surface area (Å²) in [6.07, 6.45) is 1.67. The van der Waals surface area contributed by atoms with Crippen LogP contribution in [0.15, 0.2) is 47.6 Å². The monoisotopic (exact) mass is 358 g/mol. The van der Waals surface area contributed by atoms with Gasteiger partial charge in [0, 0.05) is 0 Å². The number of nitrogens with one attached hydrogen (secondary N) is 1. The molecule has 0 unspecified atom stereocenters. The molecule has 1 N–H and O–H groups in total. The van der Waals surface area contributed by atoms with Crippen molar-refractivity contribution in [2.24, 2.45) is 5.10 Å². The number of carbonyl (C=O) groups excluding carboxylic acids is 1. The van der Waals surface area contributed by atoms with E-state index < -0.39 is 5.97 Å². The predicted molar refractivity (Wildman–Crippen MR) is 97.9 cm³/mol. The molecule has 7 nitrogen and oxygen atoms in total. The number of methoxy groups -OCH3 is 3. The third kappa shape index (κ3) is 5.70. The molecule has 26 heavy (non-hydrogen) atoms. The number of nitrogens with zero attached hydrogens (tertiary/aromatic N) is 1. The molecule has 2 aromatic carbocycles. The van der Waals surface area contributed by atoms with Gasteiger partial charge in [0.1, 0.15) is 5.75 Å². The van der Waals surface area contributed by atoms with Crippen LogP contribution in [0.1, 0.15) is 11.1 Å². The number of benzene rings is 2. The number of hydrogen-bond donors (Lipinski definition) is 1. The molecular formula is C19H22N2O5. The maximum atomic E-state index is 11.1. The average Bonchev–Trinajstić information content (AvgIpc) is 2.69. The first-order chi connectivity index (χ1) is 12.7. The quantitative estimate of drug-likeness (QED) is 0.421. The van der Waals surface area contributed by atoms with Gasteiger partial charge < -0.3 is 24.4 Å². The van der Waals surface area contributed by atoms with Crippen LogP contribution in [0.25, 0.3) is 0 Å². The standard InChI is InChI=1S/C19H22N2O5/c1-23-17-8-7-15(10-18(17)24-2)12-21-20-11-14-5-4-6-16(9-14)26-13-19(22)25-3/h4-11,21H,12-13H2,1-3H3/b20-11+. The van der Waals surface area contributed by atoms with E-state index in [9.17, 15) is 4.79 Å².